The number of benzene rings is 2. The zero-order valence-corrected chi connectivity index (χ0v) is 16.6. The van der Waals surface area contributed by atoms with Crippen LogP contribution in [0.25, 0.3) is 5.69 Å². The van der Waals surface area contributed by atoms with E-state index in [0.29, 0.717) is 31.4 Å². The molecule has 0 saturated carbocycles. The molecule has 1 fully saturated rings. The molecule has 2 heterocycles. The molecule has 0 aliphatic carbocycles. The van der Waals surface area contributed by atoms with E-state index >= 15 is 0 Å². The molecule has 2 aromatic carbocycles. The first-order valence-corrected chi connectivity index (χ1v) is 9.80. The second-order valence-corrected chi connectivity index (χ2v) is 7.34. The second-order valence-electron chi connectivity index (χ2n) is 6.96. The van der Waals surface area contributed by atoms with Gasteiger partial charge in [0.2, 0.25) is 0 Å². The molecule has 1 aromatic heterocycles. The molecule has 3 aromatic rings. The van der Waals surface area contributed by atoms with Gasteiger partial charge in [0.15, 0.2) is 5.82 Å². The standard InChI is InChI=1S/C21H18ClF3N4O/c22-20-19(13-26-29(21(20)30)18-7-4-15(24)12-17(18)25)28-9-1-8-27(10-11-28)16-5-2-14(23)3-6-16/h2-7,12-13H,1,8-11H2. The van der Waals surface area contributed by atoms with Gasteiger partial charge in [-0.05, 0) is 42.8 Å². The fourth-order valence-electron chi connectivity index (χ4n) is 3.54. The summed E-state index contributed by atoms with van der Waals surface area (Å²) in [7, 11) is 0. The van der Waals surface area contributed by atoms with E-state index in [1.54, 1.807) is 12.1 Å². The Labute approximate surface area is 175 Å². The number of hydrogen-bond acceptors (Lipinski definition) is 4. The molecule has 1 aliphatic rings. The van der Waals surface area contributed by atoms with Crippen molar-refractivity contribution in [2.45, 2.75) is 6.42 Å². The molecule has 0 bridgehead atoms. The Hall–Kier alpha value is -3.00. The van der Waals surface area contributed by atoms with Crippen LogP contribution in [-0.4, -0.2) is 36.0 Å². The highest BCUT2D eigenvalue weighted by molar-refractivity contribution is 6.33. The van der Waals surface area contributed by atoms with Crippen LogP contribution in [-0.2, 0) is 0 Å². The normalized spacial score (nSPS) is 14.7. The number of nitrogens with zero attached hydrogens (tertiary/aromatic N) is 4. The van der Waals surface area contributed by atoms with Crippen LogP contribution < -0.4 is 15.4 Å². The Morgan fingerprint density at radius 3 is 2.23 bits per heavy atom. The van der Waals surface area contributed by atoms with Gasteiger partial charge in [0.05, 0.1) is 11.9 Å². The Balaban J connectivity index is 1.58. The Kier molecular flexibility index (Phi) is 5.67. The molecule has 1 saturated heterocycles. The summed E-state index contributed by atoms with van der Waals surface area (Å²) < 4.78 is 41.2. The summed E-state index contributed by atoms with van der Waals surface area (Å²) in [6.45, 7) is 2.64. The van der Waals surface area contributed by atoms with Crippen molar-refractivity contribution in [1.82, 2.24) is 9.78 Å². The molecular formula is C21H18ClF3N4O. The molecule has 0 amide bonds. The number of halogens is 4. The first kappa shape index (κ1) is 20.3. The highest BCUT2D eigenvalue weighted by Crippen LogP contribution is 2.25. The Morgan fingerprint density at radius 1 is 0.833 bits per heavy atom. The van der Waals surface area contributed by atoms with Gasteiger partial charge >= 0.3 is 0 Å². The lowest BCUT2D eigenvalue weighted by atomic mass is 10.2. The van der Waals surface area contributed by atoms with E-state index in [-0.39, 0.29) is 16.5 Å². The van der Waals surface area contributed by atoms with Gasteiger partial charge in [-0.15, -0.1) is 0 Å². The largest absolute Gasteiger partial charge is 0.370 e. The van der Waals surface area contributed by atoms with Crippen LogP contribution in [0.3, 0.4) is 0 Å². The number of anilines is 2. The van der Waals surface area contributed by atoms with Crippen LogP contribution in [0.2, 0.25) is 5.02 Å². The van der Waals surface area contributed by atoms with E-state index in [1.807, 2.05) is 4.90 Å². The fourth-order valence-corrected chi connectivity index (χ4v) is 3.79. The van der Waals surface area contributed by atoms with Crippen molar-refractivity contribution >= 4 is 23.0 Å². The minimum Gasteiger partial charge on any atom is -0.370 e. The van der Waals surface area contributed by atoms with Crippen molar-refractivity contribution in [3.8, 4) is 5.69 Å². The van der Waals surface area contributed by atoms with Crippen LogP contribution in [0.1, 0.15) is 6.42 Å². The van der Waals surface area contributed by atoms with Crippen LogP contribution in [0.4, 0.5) is 24.5 Å². The highest BCUT2D eigenvalue weighted by atomic mass is 35.5. The molecular weight excluding hydrogens is 417 g/mol. The predicted molar refractivity (Wildman–Crippen MR) is 110 cm³/mol. The van der Waals surface area contributed by atoms with Crippen LogP contribution >= 0.6 is 11.6 Å². The number of hydrogen-bond donors (Lipinski definition) is 0. The van der Waals surface area contributed by atoms with E-state index in [2.05, 4.69) is 10.00 Å². The minimum absolute atomic E-state index is 0.0797. The van der Waals surface area contributed by atoms with Gasteiger partial charge in [0, 0.05) is 37.9 Å². The topological polar surface area (TPSA) is 41.4 Å². The molecule has 0 radical (unpaired) electrons. The molecule has 0 atom stereocenters. The average molecular weight is 435 g/mol. The first-order chi connectivity index (χ1) is 14.4. The summed E-state index contributed by atoms with van der Waals surface area (Å²) in [6.07, 6.45) is 2.21. The predicted octanol–water partition coefficient (Wildman–Crippen LogP) is 4.02. The first-order valence-electron chi connectivity index (χ1n) is 9.43. The van der Waals surface area contributed by atoms with E-state index < -0.39 is 17.2 Å². The van der Waals surface area contributed by atoms with E-state index in [0.717, 1.165) is 35.5 Å². The lowest BCUT2D eigenvalue weighted by Gasteiger charge is -2.25. The van der Waals surface area contributed by atoms with Crippen molar-refractivity contribution in [2.24, 2.45) is 0 Å². The molecule has 156 valence electrons. The zero-order valence-electron chi connectivity index (χ0n) is 15.9. The number of rotatable bonds is 3. The Bertz CT molecular complexity index is 1120. The summed E-state index contributed by atoms with van der Waals surface area (Å²) in [4.78, 5) is 16.8. The monoisotopic (exact) mass is 434 g/mol. The van der Waals surface area contributed by atoms with Crippen molar-refractivity contribution in [3.63, 3.8) is 0 Å². The van der Waals surface area contributed by atoms with E-state index in [4.69, 9.17) is 11.6 Å². The maximum Gasteiger partial charge on any atom is 0.292 e. The van der Waals surface area contributed by atoms with E-state index in [1.165, 1.54) is 18.3 Å². The lowest BCUT2D eigenvalue weighted by Crippen LogP contribution is -2.33. The third-order valence-electron chi connectivity index (χ3n) is 5.07. The zero-order chi connectivity index (χ0) is 21.3. The molecule has 0 spiro atoms. The summed E-state index contributed by atoms with van der Waals surface area (Å²) >= 11 is 6.32. The third kappa shape index (κ3) is 4.00. The van der Waals surface area contributed by atoms with Gasteiger partial charge in [-0.25, -0.2) is 13.2 Å². The van der Waals surface area contributed by atoms with Crippen molar-refractivity contribution < 1.29 is 13.2 Å². The average Bonchev–Trinajstić information content (AvgIpc) is 2.97. The van der Waals surface area contributed by atoms with Crippen molar-refractivity contribution in [3.05, 3.63) is 81.5 Å². The summed E-state index contributed by atoms with van der Waals surface area (Å²) in [6, 6.07) is 9.19. The second kappa shape index (κ2) is 8.39. The van der Waals surface area contributed by atoms with Gasteiger partial charge in [0.1, 0.15) is 22.3 Å². The third-order valence-corrected chi connectivity index (χ3v) is 5.42. The quantitative estimate of drug-likeness (QED) is 0.624. The fraction of sp³-hybridized carbons (Fsp3) is 0.238. The number of aromatic nitrogens is 2. The maximum atomic E-state index is 14.1. The summed E-state index contributed by atoms with van der Waals surface area (Å²) in [5.74, 6) is -1.94. The van der Waals surface area contributed by atoms with Crippen molar-refractivity contribution in [1.29, 1.82) is 0 Å². The van der Waals surface area contributed by atoms with Gasteiger partial charge in [0.25, 0.3) is 5.56 Å². The molecule has 1 aliphatic heterocycles. The molecule has 30 heavy (non-hydrogen) atoms. The van der Waals surface area contributed by atoms with Gasteiger partial charge < -0.3 is 9.80 Å². The lowest BCUT2D eigenvalue weighted by molar-refractivity contribution is 0.570. The minimum atomic E-state index is -0.905. The Morgan fingerprint density at radius 2 is 1.50 bits per heavy atom. The van der Waals surface area contributed by atoms with Gasteiger partial charge in [-0.1, -0.05) is 11.6 Å². The van der Waals surface area contributed by atoms with Crippen LogP contribution in [0.5, 0.6) is 0 Å². The van der Waals surface area contributed by atoms with Gasteiger partial charge in [-0.2, -0.15) is 9.78 Å². The molecule has 0 unspecified atom stereocenters. The van der Waals surface area contributed by atoms with Crippen molar-refractivity contribution in [2.75, 3.05) is 36.0 Å². The molecule has 5 nitrogen and oxygen atoms in total. The van der Waals surface area contributed by atoms with Crippen LogP contribution in [0, 0.1) is 17.5 Å². The SMILES string of the molecule is O=c1c(Cl)c(N2CCCN(c3ccc(F)cc3)CC2)cnn1-c1ccc(F)cc1F. The summed E-state index contributed by atoms with van der Waals surface area (Å²) in [5, 5.41) is 3.97. The molecule has 4 rings (SSSR count). The maximum absolute atomic E-state index is 14.1. The smallest absolute Gasteiger partial charge is 0.292 e. The molecule has 0 N–H and O–H groups in total. The van der Waals surface area contributed by atoms with E-state index in [9.17, 15) is 18.0 Å². The van der Waals surface area contributed by atoms with Crippen LogP contribution in [0.15, 0.2) is 53.5 Å². The molecule has 9 heteroatoms. The summed E-state index contributed by atoms with van der Waals surface area (Å²) in [5.41, 5.74) is 0.526. The highest BCUT2D eigenvalue weighted by Gasteiger charge is 2.21. The van der Waals surface area contributed by atoms with Gasteiger partial charge in [-0.3, -0.25) is 4.79 Å².